The molecule has 3 heteroatoms. The topological polar surface area (TPSA) is 43.1 Å². The SMILES string of the molecule is CCC(CCN)S(=O)c1ccccc1C. The first kappa shape index (κ1) is 12.4. The van der Waals surface area contributed by atoms with E-state index in [4.69, 9.17) is 5.73 Å². The van der Waals surface area contributed by atoms with Crippen LogP contribution in [0.3, 0.4) is 0 Å². The van der Waals surface area contributed by atoms with Crippen molar-refractivity contribution in [2.24, 2.45) is 5.73 Å². The molecule has 2 atom stereocenters. The van der Waals surface area contributed by atoms with E-state index in [9.17, 15) is 4.21 Å². The average Bonchev–Trinajstić information content (AvgIpc) is 2.25. The molecule has 84 valence electrons. The molecule has 0 amide bonds. The summed E-state index contributed by atoms with van der Waals surface area (Å²) < 4.78 is 12.2. The lowest BCUT2D eigenvalue weighted by atomic mass is 10.2. The van der Waals surface area contributed by atoms with Gasteiger partial charge in [-0.15, -0.1) is 0 Å². The van der Waals surface area contributed by atoms with E-state index < -0.39 is 10.8 Å². The maximum Gasteiger partial charge on any atom is 0.0563 e. The Hall–Kier alpha value is -0.670. The molecule has 0 heterocycles. The van der Waals surface area contributed by atoms with E-state index in [0.29, 0.717) is 6.54 Å². The zero-order valence-corrected chi connectivity index (χ0v) is 10.2. The highest BCUT2D eigenvalue weighted by molar-refractivity contribution is 7.85. The molecule has 0 bridgehead atoms. The summed E-state index contributed by atoms with van der Waals surface area (Å²) in [5, 5.41) is 0.191. The predicted molar refractivity (Wildman–Crippen MR) is 65.3 cm³/mol. The Balaban J connectivity index is 2.88. The van der Waals surface area contributed by atoms with Crippen LogP contribution in [0, 0.1) is 6.92 Å². The summed E-state index contributed by atoms with van der Waals surface area (Å²) in [5.74, 6) is 0. The zero-order chi connectivity index (χ0) is 11.3. The number of benzene rings is 1. The highest BCUT2D eigenvalue weighted by Crippen LogP contribution is 2.19. The Bertz CT molecular complexity index is 338. The zero-order valence-electron chi connectivity index (χ0n) is 9.40. The normalized spacial score (nSPS) is 14.9. The summed E-state index contributed by atoms with van der Waals surface area (Å²) in [5.41, 5.74) is 6.63. The molecular formula is C12H19NOS. The van der Waals surface area contributed by atoms with E-state index in [0.717, 1.165) is 23.3 Å². The minimum atomic E-state index is -0.913. The summed E-state index contributed by atoms with van der Waals surface area (Å²) in [6, 6.07) is 7.86. The largest absolute Gasteiger partial charge is 0.330 e. The molecule has 2 N–H and O–H groups in total. The second kappa shape index (κ2) is 6.03. The quantitative estimate of drug-likeness (QED) is 0.835. The van der Waals surface area contributed by atoms with Gasteiger partial charge in [0.25, 0.3) is 0 Å². The first-order valence-corrected chi connectivity index (χ1v) is 6.58. The second-order valence-electron chi connectivity index (χ2n) is 3.67. The Morgan fingerprint density at radius 3 is 2.60 bits per heavy atom. The van der Waals surface area contributed by atoms with Gasteiger partial charge in [0, 0.05) is 10.1 Å². The molecule has 0 aliphatic rings. The monoisotopic (exact) mass is 225 g/mol. The van der Waals surface area contributed by atoms with Crippen molar-refractivity contribution in [1.82, 2.24) is 0 Å². The van der Waals surface area contributed by atoms with Crippen molar-refractivity contribution in [3.8, 4) is 0 Å². The van der Waals surface area contributed by atoms with Gasteiger partial charge in [0.1, 0.15) is 0 Å². The van der Waals surface area contributed by atoms with Gasteiger partial charge in [-0.05, 0) is 37.9 Å². The molecule has 0 spiro atoms. The molecule has 0 saturated carbocycles. The van der Waals surface area contributed by atoms with Gasteiger partial charge in [-0.3, -0.25) is 4.21 Å². The molecule has 15 heavy (non-hydrogen) atoms. The lowest BCUT2D eigenvalue weighted by Crippen LogP contribution is -2.19. The van der Waals surface area contributed by atoms with E-state index in [2.05, 4.69) is 6.92 Å². The van der Waals surface area contributed by atoms with Crippen LogP contribution in [0.5, 0.6) is 0 Å². The molecule has 0 aliphatic carbocycles. The molecule has 0 fully saturated rings. The third-order valence-electron chi connectivity index (χ3n) is 2.56. The van der Waals surface area contributed by atoms with Crippen LogP contribution in [0.1, 0.15) is 25.3 Å². The molecule has 1 aromatic carbocycles. The lowest BCUT2D eigenvalue weighted by molar-refractivity contribution is 0.650. The van der Waals surface area contributed by atoms with Crippen molar-refractivity contribution in [1.29, 1.82) is 0 Å². The molecule has 2 unspecified atom stereocenters. The molecule has 0 radical (unpaired) electrons. The van der Waals surface area contributed by atoms with Gasteiger partial charge in [0.2, 0.25) is 0 Å². The minimum Gasteiger partial charge on any atom is -0.330 e. The second-order valence-corrected chi connectivity index (χ2v) is 5.37. The number of rotatable bonds is 5. The fourth-order valence-electron chi connectivity index (χ4n) is 1.61. The maximum atomic E-state index is 12.2. The van der Waals surface area contributed by atoms with Crippen molar-refractivity contribution >= 4 is 10.8 Å². The Morgan fingerprint density at radius 1 is 1.40 bits per heavy atom. The average molecular weight is 225 g/mol. The van der Waals surface area contributed by atoms with E-state index in [1.165, 1.54) is 0 Å². The third-order valence-corrected chi connectivity index (χ3v) is 4.62. The molecule has 2 nitrogen and oxygen atoms in total. The van der Waals surface area contributed by atoms with Crippen molar-refractivity contribution < 1.29 is 4.21 Å². The van der Waals surface area contributed by atoms with Crippen LogP contribution in [0.4, 0.5) is 0 Å². The lowest BCUT2D eigenvalue weighted by Gasteiger charge is -2.14. The van der Waals surface area contributed by atoms with Gasteiger partial charge in [0.05, 0.1) is 10.8 Å². The van der Waals surface area contributed by atoms with Gasteiger partial charge in [0.15, 0.2) is 0 Å². The molecule has 0 saturated heterocycles. The predicted octanol–water partition coefficient (Wildman–Crippen LogP) is 2.23. The fraction of sp³-hybridized carbons (Fsp3) is 0.500. The van der Waals surface area contributed by atoms with E-state index >= 15 is 0 Å². The van der Waals surface area contributed by atoms with Crippen molar-refractivity contribution in [3.63, 3.8) is 0 Å². The van der Waals surface area contributed by atoms with E-state index in [1.54, 1.807) is 0 Å². The number of aryl methyl sites for hydroxylation is 1. The highest BCUT2D eigenvalue weighted by Gasteiger charge is 2.16. The Morgan fingerprint density at radius 2 is 2.07 bits per heavy atom. The summed E-state index contributed by atoms with van der Waals surface area (Å²) >= 11 is 0. The van der Waals surface area contributed by atoms with Gasteiger partial charge in [-0.2, -0.15) is 0 Å². The van der Waals surface area contributed by atoms with Gasteiger partial charge < -0.3 is 5.73 Å². The first-order chi connectivity index (χ1) is 7.20. The number of nitrogens with two attached hydrogens (primary N) is 1. The number of hydrogen-bond donors (Lipinski definition) is 1. The van der Waals surface area contributed by atoms with E-state index in [-0.39, 0.29) is 5.25 Å². The Labute approximate surface area is 94.3 Å². The smallest absolute Gasteiger partial charge is 0.0563 e. The Kier molecular flexibility index (Phi) is 4.99. The van der Waals surface area contributed by atoms with Crippen LogP contribution in [0.15, 0.2) is 29.2 Å². The third kappa shape index (κ3) is 3.14. The van der Waals surface area contributed by atoms with Crippen LogP contribution < -0.4 is 5.73 Å². The maximum absolute atomic E-state index is 12.2. The number of hydrogen-bond acceptors (Lipinski definition) is 2. The van der Waals surface area contributed by atoms with Gasteiger partial charge in [-0.1, -0.05) is 25.1 Å². The molecular weight excluding hydrogens is 206 g/mol. The van der Waals surface area contributed by atoms with Crippen molar-refractivity contribution in [3.05, 3.63) is 29.8 Å². The van der Waals surface area contributed by atoms with E-state index in [1.807, 2.05) is 31.2 Å². The van der Waals surface area contributed by atoms with Crippen LogP contribution in [-0.2, 0) is 10.8 Å². The van der Waals surface area contributed by atoms with Crippen molar-refractivity contribution in [2.75, 3.05) is 6.54 Å². The fourth-order valence-corrected chi connectivity index (χ4v) is 3.22. The van der Waals surface area contributed by atoms with Gasteiger partial charge in [-0.25, -0.2) is 0 Å². The summed E-state index contributed by atoms with van der Waals surface area (Å²) in [7, 11) is -0.913. The highest BCUT2D eigenvalue weighted by atomic mass is 32.2. The van der Waals surface area contributed by atoms with Crippen LogP contribution in [-0.4, -0.2) is 16.0 Å². The van der Waals surface area contributed by atoms with Crippen LogP contribution >= 0.6 is 0 Å². The minimum absolute atomic E-state index is 0.191. The van der Waals surface area contributed by atoms with Crippen molar-refractivity contribution in [2.45, 2.75) is 36.8 Å². The first-order valence-electron chi connectivity index (χ1n) is 5.37. The summed E-state index contributed by atoms with van der Waals surface area (Å²) in [6.45, 7) is 4.68. The summed E-state index contributed by atoms with van der Waals surface area (Å²) in [4.78, 5) is 0.956. The molecule has 1 aromatic rings. The van der Waals surface area contributed by atoms with Crippen LogP contribution in [0.25, 0.3) is 0 Å². The standard InChI is InChI=1S/C12H19NOS/c1-3-11(8-9-13)15(14)12-7-5-4-6-10(12)2/h4-7,11H,3,8-9,13H2,1-2H3. The van der Waals surface area contributed by atoms with Crippen LogP contribution in [0.2, 0.25) is 0 Å². The molecule has 0 aromatic heterocycles. The molecule has 0 aliphatic heterocycles. The van der Waals surface area contributed by atoms with Gasteiger partial charge >= 0.3 is 0 Å². The molecule has 1 rings (SSSR count). The summed E-state index contributed by atoms with van der Waals surface area (Å²) in [6.07, 6.45) is 1.75.